The van der Waals surface area contributed by atoms with Crippen molar-refractivity contribution in [2.75, 3.05) is 25.5 Å². The first-order valence-corrected chi connectivity index (χ1v) is 11.5. The molecule has 1 aromatic heterocycles. The van der Waals surface area contributed by atoms with Gasteiger partial charge in [-0.25, -0.2) is 22.0 Å². The molecule has 1 amide bonds. The van der Waals surface area contributed by atoms with Gasteiger partial charge < -0.3 is 20.1 Å². The number of halogens is 5. The molecule has 1 saturated heterocycles. The zero-order valence-electron chi connectivity index (χ0n) is 19.2. The smallest absolute Gasteiger partial charge is 0.266 e. The lowest BCUT2D eigenvalue weighted by molar-refractivity contribution is -0.104. The Hall–Kier alpha value is -2.95. The van der Waals surface area contributed by atoms with Crippen LogP contribution in [0.3, 0.4) is 0 Å². The van der Waals surface area contributed by atoms with Crippen LogP contribution in [-0.2, 0) is 6.54 Å². The van der Waals surface area contributed by atoms with E-state index in [4.69, 9.17) is 0 Å². The number of anilines is 1. The largest absolute Gasteiger partial charge is 0.381 e. The summed E-state index contributed by atoms with van der Waals surface area (Å²) in [5.74, 6) is -4.64. The second kappa shape index (κ2) is 9.96. The summed E-state index contributed by atoms with van der Waals surface area (Å²) >= 11 is 0. The number of aromatic nitrogens is 1. The fraction of sp³-hybridized carbons (Fsp3) is 0.500. The molecule has 0 atom stereocenters. The lowest BCUT2D eigenvalue weighted by Crippen LogP contribution is -2.42. The molecule has 0 bridgehead atoms. The Balaban J connectivity index is 1.58. The molecule has 1 saturated carbocycles. The van der Waals surface area contributed by atoms with Crippen molar-refractivity contribution in [1.82, 2.24) is 14.8 Å². The number of alkyl halides is 4. The molecule has 190 valence electrons. The normalized spacial score (nSPS) is 18.9. The molecule has 2 heterocycles. The van der Waals surface area contributed by atoms with Crippen LogP contribution in [0.4, 0.5) is 27.6 Å². The second-order valence-corrected chi connectivity index (χ2v) is 9.29. The Kier molecular flexibility index (Phi) is 7.16. The fourth-order valence-corrected chi connectivity index (χ4v) is 4.51. The molecule has 2 aliphatic rings. The lowest BCUT2D eigenvalue weighted by atomic mass is 9.87. The van der Waals surface area contributed by atoms with Gasteiger partial charge in [0, 0.05) is 49.3 Å². The van der Waals surface area contributed by atoms with Crippen molar-refractivity contribution in [2.45, 2.75) is 56.7 Å². The van der Waals surface area contributed by atoms with E-state index >= 15 is 0 Å². The molecule has 2 N–H and O–H groups in total. The van der Waals surface area contributed by atoms with Crippen LogP contribution in [0.1, 0.15) is 59.6 Å². The van der Waals surface area contributed by atoms with Crippen LogP contribution in [0.2, 0.25) is 0 Å². The van der Waals surface area contributed by atoms with Crippen molar-refractivity contribution in [3.05, 3.63) is 63.3 Å². The number of piperidine rings is 1. The number of likely N-dealkylation sites (tertiary alicyclic amines) is 1. The predicted octanol–water partition coefficient (Wildman–Crippen LogP) is 4.33. The molecule has 0 unspecified atom stereocenters. The maximum atomic E-state index is 14.4. The first-order valence-electron chi connectivity index (χ1n) is 11.5. The topological polar surface area (TPSA) is 66.4 Å². The van der Waals surface area contributed by atoms with Crippen LogP contribution in [0.25, 0.3) is 0 Å². The van der Waals surface area contributed by atoms with E-state index < -0.39 is 54.1 Å². The van der Waals surface area contributed by atoms with Gasteiger partial charge in [0.2, 0.25) is 0 Å². The van der Waals surface area contributed by atoms with E-state index in [-0.39, 0.29) is 29.4 Å². The highest BCUT2D eigenvalue weighted by Crippen LogP contribution is 2.45. The molecule has 11 heteroatoms. The third-order valence-corrected chi connectivity index (χ3v) is 6.65. The van der Waals surface area contributed by atoms with Crippen LogP contribution < -0.4 is 16.2 Å². The molecule has 0 spiro atoms. The number of rotatable bonds is 7. The van der Waals surface area contributed by atoms with Crippen molar-refractivity contribution in [2.24, 2.45) is 0 Å². The van der Waals surface area contributed by atoms with Gasteiger partial charge in [-0.3, -0.25) is 9.59 Å². The summed E-state index contributed by atoms with van der Waals surface area (Å²) < 4.78 is 68.3. The number of benzene rings is 1. The van der Waals surface area contributed by atoms with E-state index in [9.17, 15) is 31.5 Å². The monoisotopic (exact) mass is 498 g/mol. The summed E-state index contributed by atoms with van der Waals surface area (Å²) in [4.78, 5) is 27.9. The summed E-state index contributed by atoms with van der Waals surface area (Å²) in [6.45, 7) is 1.29. The number of amides is 1. The van der Waals surface area contributed by atoms with E-state index in [1.54, 1.807) is 0 Å². The number of nitrogens with one attached hydrogen (secondary N) is 2. The van der Waals surface area contributed by atoms with Crippen molar-refractivity contribution < 1.29 is 26.7 Å². The van der Waals surface area contributed by atoms with Gasteiger partial charge in [-0.2, -0.15) is 0 Å². The van der Waals surface area contributed by atoms with Gasteiger partial charge >= 0.3 is 0 Å². The van der Waals surface area contributed by atoms with Gasteiger partial charge in [0.25, 0.3) is 23.8 Å². The van der Waals surface area contributed by atoms with Crippen molar-refractivity contribution in [1.29, 1.82) is 0 Å². The van der Waals surface area contributed by atoms with Crippen LogP contribution >= 0.6 is 0 Å². The van der Waals surface area contributed by atoms with Gasteiger partial charge in [-0.1, -0.05) is 18.2 Å². The quantitative estimate of drug-likeness (QED) is 0.558. The number of hydrogen-bond acceptors (Lipinski definition) is 4. The van der Waals surface area contributed by atoms with E-state index in [1.165, 1.54) is 24.4 Å². The SMILES string of the molecule is CN1CCC(Nc2cc(=O)n(C3CC(F)(F)C3)cc2C(=O)NCc2cccc(C(F)F)c2F)CC1. The Bertz CT molecular complexity index is 1140. The molecule has 6 nitrogen and oxygen atoms in total. The number of nitrogens with zero attached hydrogens (tertiary/aromatic N) is 2. The van der Waals surface area contributed by atoms with Crippen LogP contribution in [-0.4, -0.2) is 47.5 Å². The maximum Gasteiger partial charge on any atom is 0.266 e. The van der Waals surface area contributed by atoms with Crippen LogP contribution in [0.15, 0.2) is 35.3 Å². The lowest BCUT2D eigenvalue weighted by Gasteiger charge is -2.36. The summed E-state index contributed by atoms with van der Waals surface area (Å²) in [6, 6.07) is 4.02. The molecule has 1 aliphatic heterocycles. The summed E-state index contributed by atoms with van der Waals surface area (Å²) in [5.41, 5.74) is -1.09. The van der Waals surface area contributed by atoms with Crippen molar-refractivity contribution in [3.8, 4) is 0 Å². The fourth-order valence-electron chi connectivity index (χ4n) is 4.51. The van der Waals surface area contributed by atoms with E-state index in [2.05, 4.69) is 15.5 Å². The van der Waals surface area contributed by atoms with E-state index in [0.29, 0.717) is 0 Å². The van der Waals surface area contributed by atoms with Gasteiger partial charge in [0.15, 0.2) is 0 Å². The first-order chi connectivity index (χ1) is 16.5. The molecule has 1 aromatic carbocycles. The standard InChI is InChI=1S/C24H27F5N4O2/c1-32-7-5-15(6-8-32)31-19-9-20(34)33(16-10-24(28,29)11-16)13-18(19)23(35)30-12-14-3-2-4-17(21(14)25)22(26)27/h2-4,9,13,15-16,22,31H,5-8,10-12H2,1H3,(H,30,35). The minimum Gasteiger partial charge on any atom is -0.381 e. The van der Waals surface area contributed by atoms with Crippen molar-refractivity contribution >= 4 is 11.6 Å². The van der Waals surface area contributed by atoms with Gasteiger partial charge in [0.05, 0.1) is 16.8 Å². The Morgan fingerprint density at radius 1 is 1.20 bits per heavy atom. The Morgan fingerprint density at radius 3 is 2.51 bits per heavy atom. The van der Waals surface area contributed by atoms with E-state index in [1.807, 2.05) is 7.05 Å². The summed E-state index contributed by atoms with van der Waals surface area (Å²) in [6.07, 6.45) is -1.19. The average Bonchev–Trinajstić information content (AvgIpc) is 2.78. The molecular weight excluding hydrogens is 471 g/mol. The minimum atomic E-state index is -3.00. The highest BCUT2D eigenvalue weighted by molar-refractivity contribution is 5.99. The third-order valence-electron chi connectivity index (χ3n) is 6.65. The molecular formula is C24H27F5N4O2. The van der Waals surface area contributed by atoms with Gasteiger partial charge in [-0.15, -0.1) is 0 Å². The number of pyridine rings is 1. The predicted molar refractivity (Wildman–Crippen MR) is 121 cm³/mol. The number of hydrogen-bond donors (Lipinski definition) is 2. The molecule has 4 rings (SSSR count). The number of carbonyl (C=O) groups is 1. The molecule has 2 aromatic rings. The highest BCUT2D eigenvalue weighted by atomic mass is 19.3. The Labute approximate surface area is 199 Å². The summed E-state index contributed by atoms with van der Waals surface area (Å²) in [7, 11) is 1.99. The maximum absolute atomic E-state index is 14.4. The molecule has 0 radical (unpaired) electrons. The third kappa shape index (κ3) is 5.66. The van der Waals surface area contributed by atoms with E-state index in [0.717, 1.165) is 36.6 Å². The molecule has 1 aliphatic carbocycles. The highest BCUT2D eigenvalue weighted by Gasteiger charge is 2.46. The minimum absolute atomic E-state index is 0.00111. The second-order valence-electron chi connectivity index (χ2n) is 9.29. The zero-order valence-corrected chi connectivity index (χ0v) is 19.2. The van der Waals surface area contributed by atoms with Gasteiger partial charge in [0.1, 0.15) is 5.82 Å². The average molecular weight is 498 g/mol. The first kappa shape index (κ1) is 25.2. The molecule has 35 heavy (non-hydrogen) atoms. The van der Waals surface area contributed by atoms with Crippen molar-refractivity contribution in [3.63, 3.8) is 0 Å². The Morgan fingerprint density at radius 2 is 1.89 bits per heavy atom. The zero-order chi connectivity index (χ0) is 25.3. The van der Waals surface area contributed by atoms with Crippen LogP contribution in [0, 0.1) is 5.82 Å². The number of carbonyl (C=O) groups excluding carboxylic acids is 1. The molecule has 2 fully saturated rings. The summed E-state index contributed by atoms with van der Waals surface area (Å²) in [5, 5.41) is 5.73. The van der Waals surface area contributed by atoms with Gasteiger partial charge in [-0.05, 0) is 33.0 Å². The van der Waals surface area contributed by atoms with Crippen LogP contribution in [0.5, 0.6) is 0 Å².